The van der Waals surface area contributed by atoms with Gasteiger partial charge in [-0.25, -0.2) is 0 Å². The van der Waals surface area contributed by atoms with Crippen LogP contribution in [-0.2, 0) is 24.4 Å². The molecule has 130 valence electrons. The van der Waals surface area contributed by atoms with Crippen LogP contribution in [0, 0.1) is 17.8 Å². The minimum atomic E-state index is -6.27. The van der Waals surface area contributed by atoms with Crippen molar-refractivity contribution in [1.82, 2.24) is 0 Å². The van der Waals surface area contributed by atoms with Crippen molar-refractivity contribution in [3.8, 4) is 0 Å². The lowest BCUT2D eigenvalue weighted by Crippen LogP contribution is -2.53. The summed E-state index contributed by atoms with van der Waals surface area (Å²) in [5, 5.41) is -5.59. The quantitative estimate of drug-likeness (QED) is 0.447. The molecule has 0 aliphatic heterocycles. The SMILES string of the molecule is CS(=O)(=O)OC1CC2CC1CC2C(F)(F)C(F)(F)S(=O)(=O)O. The number of hydrogen-bond donors (Lipinski definition) is 1. The minimum Gasteiger partial charge on any atom is -0.281 e. The van der Waals surface area contributed by atoms with E-state index < -0.39 is 61.7 Å². The second-order valence-corrected chi connectivity index (χ2v) is 8.85. The van der Waals surface area contributed by atoms with Gasteiger partial charge in [0.15, 0.2) is 0 Å². The van der Waals surface area contributed by atoms with Crippen LogP contribution in [0.2, 0.25) is 0 Å². The third kappa shape index (κ3) is 2.85. The van der Waals surface area contributed by atoms with Gasteiger partial charge in [0.2, 0.25) is 0 Å². The van der Waals surface area contributed by atoms with Crippen LogP contribution < -0.4 is 0 Å². The third-order valence-electron chi connectivity index (χ3n) is 4.27. The number of fused-ring (bicyclic) bond motifs is 2. The summed E-state index contributed by atoms with van der Waals surface area (Å²) >= 11 is 0. The lowest BCUT2D eigenvalue weighted by atomic mass is 9.83. The molecule has 12 heteroatoms. The fourth-order valence-corrected chi connectivity index (χ4v) is 4.58. The Labute approximate surface area is 124 Å². The first kappa shape index (κ1) is 17.9. The van der Waals surface area contributed by atoms with Gasteiger partial charge in [0.05, 0.1) is 12.4 Å². The molecule has 0 radical (unpaired) electrons. The van der Waals surface area contributed by atoms with E-state index >= 15 is 0 Å². The average molecular weight is 370 g/mol. The molecule has 0 heterocycles. The van der Waals surface area contributed by atoms with Crippen molar-refractivity contribution in [2.24, 2.45) is 17.8 Å². The molecule has 2 aliphatic carbocycles. The highest BCUT2D eigenvalue weighted by atomic mass is 32.2. The van der Waals surface area contributed by atoms with Crippen molar-refractivity contribution in [2.75, 3.05) is 6.26 Å². The molecule has 0 saturated heterocycles. The van der Waals surface area contributed by atoms with Crippen molar-refractivity contribution >= 4 is 20.2 Å². The van der Waals surface area contributed by atoms with Gasteiger partial charge in [0.1, 0.15) is 0 Å². The third-order valence-corrected chi connectivity index (χ3v) is 5.79. The molecule has 4 unspecified atom stereocenters. The van der Waals surface area contributed by atoms with Crippen molar-refractivity contribution in [3.63, 3.8) is 0 Å². The van der Waals surface area contributed by atoms with Gasteiger partial charge in [-0.2, -0.15) is 34.4 Å². The molecule has 2 saturated carbocycles. The van der Waals surface area contributed by atoms with E-state index in [1.54, 1.807) is 0 Å². The number of halogens is 4. The molecule has 22 heavy (non-hydrogen) atoms. The van der Waals surface area contributed by atoms with Crippen LogP contribution in [0.1, 0.15) is 19.3 Å². The Balaban J connectivity index is 2.19. The zero-order chi connectivity index (χ0) is 17.1. The smallest absolute Gasteiger partial charge is 0.281 e. The summed E-state index contributed by atoms with van der Waals surface area (Å²) in [7, 11) is -10.1. The second kappa shape index (κ2) is 5.02. The van der Waals surface area contributed by atoms with E-state index in [1.165, 1.54) is 0 Å². The van der Waals surface area contributed by atoms with Crippen LogP contribution in [0.25, 0.3) is 0 Å². The molecule has 0 aromatic rings. The summed E-state index contributed by atoms with van der Waals surface area (Å²) in [6.45, 7) is 0. The predicted molar refractivity (Wildman–Crippen MR) is 65.5 cm³/mol. The first-order valence-corrected chi connectivity index (χ1v) is 9.53. The molecule has 4 atom stereocenters. The van der Waals surface area contributed by atoms with Gasteiger partial charge in [-0.15, -0.1) is 0 Å². The molecule has 2 bridgehead atoms. The lowest BCUT2D eigenvalue weighted by Gasteiger charge is -2.35. The number of rotatable bonds is 5. The fourth-order valence-electron chi connectivity index (χ4n) is 3.40. The maximum absolute atomic E-state index is 13.9. The van der Waals surface area contributed by atoms with Gasteiger partial charge in [0, 0.05) is 5.92 Å². The highest BCUT2D eigenvalue weighted by Gasteiger charge is 2.72. The van der Waals surface area contributed by atoms with Crippen LogP contribution in [0.15, 0.2) is 0 Å². The second-order valence-electron chi connectivity index (χ2n) is 5.79. The Morgan fingerprint density at radius 2 is 1.55 bits per heavy atom. The van der Waals surface area contributed by atoms with E-state index in [1.807, 2.05) is 0 Å². The maximum atomic E-state index is 13.9. The van der Waals surface area contributed by atoms with Crippen LogP contribution in [0.3, 0.4) is 0 Å². The zero-order valence-corrected chi connectivity index (χ0v) is 12.9. The van der Waals surface area contributed by atoms with Crippen LogP contribution >= 0.6 is 0 Å². The summed E-state index contributed by atoms with van der Waals surface area (Å²) < 4.78 is 111. The molecular weight excluding hydrogens is 356 g/mol. The summed E-state index contributed by atoms with van der Waals surface area (Å²) in [5.74, 6) is -8.59. The van der Waals surface area contributed by atoms with E-state index in [0.717, 1.165) is 6.26 Å². The number of alkyl halides is 4. The Kier molecular flexibility index (Phi) is 4.08. The Morgan fingerprint density at radius 1 is 1.00 bits per heavy atom. The monoisotopic (exact) mass is 370 g/mol. The molecule has 2 rings (SSSR count). The Bertz CT molecular complexity index is 659. The van der Waals surface area contributed by atoms with Crippen molar-refractivity contribution in [1.29, 1.82) is 0 Å². The zero-order valence-electron chi connectivity index (χ0n) is 11.2. The molecule has 6 nitrogen and oxygen atoms in total. The highest BCUT2D eigenvalue weighted by molar-refractivity contribution is 7.87. The normalized spacial score (nSPS) is 33.4. The molecule has 2 fully saturated rings. The molecule has 0 amide bonds. The van der Waals surface area contributed by atoms with E-state index in [9.17, 15) is 34.4 Å². The lowest BCUT2D eigenvalue weighted by molar-refractivity contribution is -0.204. The predicted octanol–water partition coefficient (Wildman–Crippen LogP) is 1.49. The van der Waals surface area contributed by atoms with Crippen LogP contribution in [0.4, 0.5) is 17.6 Å². The molecule has 0 aromatic heterocycles. The van der Waals surface area contributed by atoms with Crippen molar-refractivity contribution in [2.45, 2.75) is 36.5 Å². The topological polar surface area (TPSA) is 97.7 Å². The van der Waals surface area contributed by atoms with E-state index in [4.69, 9.17) is 8.74 Å². The van der Waals surface area contributed by atoms with Gasteiger partial charge in [-0.05, 0) is 31.1 Å². The van der Waals surface area contributed by atoms with Gasteiger partial charge < -0.3 is 0 Å². The van der Waals surface area contributed by atoms with Crippen LogP contribution in [-0.4, -0.2) is 44.9 Å². The molecule has 0 aromatic carbocycles. The van der Waals surface area contributed by atoms with Gasteiger partial charge in [-0.1, -0.05) is 0 Å². The van der Waals surface area contributed by atoms with Crippen molar-refractivity contribution in [3.05, 3.63) is 0 Å². The van der Waals surface area contributed by atoms with Crippen LogP contribution in [0.5, 0.6) is 0 Å². The molecular formula is C10H14F4O6S2. The van der Waals surface area contributed by atoms with E-state index in [2.05, 4.69) is 0 Å². The summed E-state index contributed by atoms with van der Waals surface area (Å²) in [5.41, 5.74) is 0. The molecule has 1 N–H and O–H groups in total. The highest BCUT2D eigenvalue weighted by Crippen LogP contribution is 2.58. The van der Waals surface area contributed by atoms with Gasteiger partial charge in [0.25, 0.3) is 10.1 Å². The van der Waals surface area contributed by atoms with Crippen molar-refractivity contribution < 1.29 is 43.1 Å². The fraction of sp³-hybridized carbons (Fsp3) is 1.00. The maximum Gasteiger partial charge on any atom is 0.431 e. The minimum absolute atomic E-state index is 0.0437. The van der Waals surface area contributed by atoms with E-state index in [-0.39, 0.29) is 12.8 Å². The van der Waals surface area contributed by atoms with Gasteiger partial charge >= 0.3 is 21.3 Å². The van der Waals surface area contributed by atoms with Gasteiger partial charge in [-0.3, -0.25) is 8.74 Å². The summed E-state index contributed by atoms with van der Waals surface area (Å²) in [6, 6.07) is 0. The number of hydrogen-bond acceptors (Lipinski definition) is 5. The summed E-state index contributed by atoms with van der Waals surface area (Å²) in [4.78, 5) is 0. The largest absolute Gasteiger partial charge is 0.431 e. The Morgan fingerprint density at radius 3 is 1.91 bits per heavy atom. The average Bonchev–Trinajstić information content (AvgIpc) is 2.83. The van der Waals surface area contributed by atoms with E-state index in [0.29, 0.717) is 0 Å². The first-order valence-electron chi connectivity index (χ1n) is 6.27. The molecule has 0 spiro atoms. The summed E-state index contributed by atoms with van der Waals surface area (Å²) in [6.07, 6.45) is -0.714. The molecule has 2 aliphatic rings. The standard InChI is InChI=1S/C10H14F4O6S2/c1-21(15,16)20-8-4-5-2-6(8)3-7(5)9(11,12)10(13,14)22(17,18)19/h5-8H,2-4H2,1H3,(H,17,18,19). The first-order chi connectivity index (χ1) is 9.67. The Hall–Kier alpha value is -0.460.